The standard InChI is InChI=1S/C10H16N6S.HNO3/c1-8-9(16-7-15-8)5-17-4-3-13-10(12-2)14-6-11;2-1(3)4/h7H,3-5H2,1-2H3,(H,15,16)(H2,12,13,14);(H,2,3,4). The third-order valence-corrected chi connectivity index (χ3v) is 3.08. The Kier molecular flexibility index (Phi) is 10.0. The van der Waals surface area contributed by atoms with Crippen molar-refractivity contribution in [2.45, 2.75) is 12.7 Å². The third-order valence-electron chi connectivity index (χ3n) is 2.11. The van der Waals surface area contributed by atoms with Crippen LogP contribution in [-0.4, -0.2) is 45.6 Å². The van der Waals surface area contributed by atoms with Gasteiger partial charge in [0.25, 0.3) is 5.09 Å². The summed E-state index contributed by atoms with van der Waals surface area (Å²) in [6, 6.07) is 0. The van der Waals surface area contributed by atoms with E-state index in [9.17, 15) is 0 Å². The Morgan fingerprint density at radius 1 is 1.76 bits per heavy atom. The Hall–Kier alpha value is -2.48. The lowest BCUT2D eigenvalue weighted by Gasteiger charge is -2.06. The van der Waals surface area contributed by atoms with Crippen LogP contribution in [-0.2, 0) is 5.75 Å². The fourth-order valence-electron chi connectivity index (χ4n) is 1.18. The van der Waals surface area contributed by atoms with Gasteiger partial charge in [-0.25, -0.2) is 4.98 Å². The van der Waals surface area contributed by atoms with E-state index in [4.69, 9.17) is 20.6 Å². The second-order valence-corrected chi connectivity index (χ2v) is 4.61. The molecule has 1 heterocycles. The van der Waals surface area contributed by atoms with Crippen molar-refractivity contribution in [2.75, 3.05) is 19.3 Å². The molecule has 4 N–H and O–H groups in total. The predicted molar refractivity (Wildman–Crippen MR) is 78.4 cm³/mol. The highest BCUT2D eigenvalue weighted by Gasteiger charge is 2.00. The molecule has 0 aliphatic carbocycles. The fourth-order valence-corrected chi connectivity index (χ4v) is 2.05. The highest BCUT2D eigenvalue weighted by Crippen LogP contribution is 2.11. The van der Waals surface area contributed by atoms with Gasteiger partial charge in [-0.2, -0.15) is 17.0 Å². The predicted octanol–water partition coefficient (Wildman–Crippen LogP) is 0.250. The van der Waals surface area contributed by atoms with Gasteiger partial charge < -0.3 is 15.5 Å². The first kappa shape index (κ1) is 18.5. The topological polar surface area (TPSA) is 152 Å². The van der Waals surface area contributed by atoms with Gasteiger partial charge in [-0.05, 0) is 6.92 Å². The maximum Gasteiger partial charge on any atom is 0.291 e. The van der Waals surface area contributed by atoms with E-state index in [1.54, 1.807) is 25.1 Å². The molecule has 0 amide bonds. The molecule has 10 nitrogen and oxygen atoms in total. The number of guanidine groups is 1. The number of aliphatic imine (C=N–C) groups is 1. The maximum atomic E-state index is 8.43. The molecule has 0 aliphatic rings. The van der Waals surface area contributed by atoms with E-state index in [0.29, 0.717) is 5.96 Å². The lowest BCUT2D eigenvalue weighted by molar-refractivity contribution is -0.742. The number of aromatic amines is 1. The molecule has 0 spiro atoms. The summed E-state index contributed by atoms with van der Waals surface area (Å²) in [5.41, 5.74) is 2.21. The van der Waals surface area contributed by atoms with Gasteiger partial charge in [-0.15, -0.1) is 10.1 Å². The Balaban J connectivity index is 0.000000885. The van der Waals surface area contributed by atoms with Gasteiger partial charge in [-0.3, -0.25) is 10.3 Å². The zero-order chi connectivity index (χ0) is 16.1. The monoisotopic (exact) mass is 315 g/mol. The van der Waals surface area contributed by atoms with Crippen LogP contribution in [0.15, 0.2) is 11.3 Å². The SMILES string of the molecule is CN=C(NC#N)NCCSCc1nc[nH]c1C.O=[N+]([O-])O. The Morgan fingerprint density at radius 3 is 2.90 bits per heavy atom. The number of rotatable bonds is 5. The van der Waals surface area contributed by atoms with Crippen LogP contribution in [0.25, 0.3) is 0 Å². The van der Waals surface area contributed by atoms with Crippen LogP contribution in [0.4, 0.5) is 0 Å². The van der Waals surface area contributed by atoms with Crippen molar-refractivity contribution < 1.29 is 10.3 Å². The van der Waals surface area contributed by atoms with Crippen LogP contribution in [0, 0.1) is 28.5 Å². The van der Waals surface area contributed by atoms with E-state index >= 15 is 0 Å². The molecule has 0 fully saturated rings. The van der Waals surface area contributed by atoms with Crippen molar-refractivity contribution in [3.63, 3.8) is 0 Å². The first-order valence-electron chi connectivity index (χ1n) is 5.76. The molecule has 1 rings (SSSR count). The lowest BCUT2D eigenvalue weighted by atomic mass is 10.4. The van der Waals surface area contributed by atoms with Crippen molar-refractivity contribution >= 4 is 17.7 Å². The number of aromatic nitrogens is 2. The van der Waals surface area contributed by atoms with Crippen LogP contribution in [0.2, 0.25) is 0 Å². The smallest absolute Gasteiger partial charge is 0.291 e. The molecular weight excluding hydrogens is 298 g/mol. The average molecular weight is 315 g/mol. The number of imidazole rings is 1. The van der Waals surface area contributed by atoms with Crippen LogP contribution in [0.1, 0.15) is 11.4 Å². The molecule has 0 bridgehead atoms. The van der Waals surface area contributed by atoms with Crippen LogP contribution in [0.3, 0.4) is 0 Å². The molecule has 11 heteroatoms. The van der Waals surface area contributed by atoms with Crippen molar-refractivity contribution in [3.8, 4) is 6.19 Å². The fraction of sp³-hybridized carbons (Fsp3) is 0.500. The summed E-state index contributed by atoms with van der Waals surface area (Å²) in [6.07, 6.45) is 3.54. The number of aryl methyl sites for hydroxylation is 1. The minimum Gasteiger partial charge on any atom is -0.355 e. The summed E-state index contributed by atoms with van der Waals surface area (Å²) < 4.78 is 0. The molecule has 0 aliphatic heterocycles. The summed E-state index contributed by atoms with van der Waals surface area (Å²) in [5, 5.41) is 27.6. The largest absolute Gasteiger partial charge is 0.355 e. The van der Waals surface area contributed by atoms with Gasteiger partial charge in [0.05, 0.1) is 12.0 Å². The van der Waals surface area contributed by atoms with Gasteiger partial charge in [0.1, 0.15) is 0 Å². The molecule has 0 unspecified atom stereocenters. The van der Waals surface area contributed by atoms with Crippen molar-refractivity contribution in [3.05, 3.63) is 27.8 Å². The van der Waals surface area contributed by atoms with Gasteiger partial charge in [0, 0.05) is 30.8 Å². The van der Waals surface area contributed by atoms with E-state index in [-0.39, 0.29) is 0 Å². The second kappa shape index (κ2) is 11.4. The summed E-state index contributed by atoms with van der Waals surface area (Å²) in [5.74, 6) is 2.32. The van der Waals surface area contributed by atoms with Crippen LogP contribution < -0.4 is 10.6 Å². The summed E-state index contributed by atoms with van der Waals surface area (Å²) in [4.78, 5) is 19.5. The zero-order valence-corrected chi connectivity index (χ0v) is 12.5. The van der Waals surface area contributed by atoms with Gasteiger partial charge in [-0.1, -0.05) is 0 Å². The summed E-state index contributed by atoms with van der Waals surface area (Å²) in [7, 11) is 1.63. The Morgan fingerprint density at radius 2 is 2.43 bits per heavy atom. The number of nitrogens with one attached hydrogen (secondary N) is 3. The van der Waals surface area contributed by atoms with Crippen molar-refractivity contribution in [1.29, 1.82) is 5.26 Å². The van der Waals surface area contributed by atoms with Gasteiger partial charge in [0.15, 0.2) is 6.19 Å². The number of hydrogen-bond acceptors (Lipinski definition) is 6. The van der Waals surface area contributed by atoms with Crippen molar-refractivity contribution in [2.24, 2.45) is 4.99 Å². The molecule has 21 heavy (non-hydrogen) atoms. The molecule has 116 valence electrons. The molecule has 0 saturated heterocycles. The van der Waals surface area contributed by atoms with E-state index in [0.717, 1.165) is 29.4 Å². The van der Waals surface area contributed by atoms with Crippen LogP contribution in [0.5, 0.6) is 0 Å². The Bertz CT molecular complexity index is 493. The van der Waals surface area contributed by atoms with E-state index in [1.165, 1.54) is 0 Å². The van der Waals surface area contributed by atoms with Gasteiger partial charge in [0.2, 0.25) is 5.96 Å². The molecule has 1 aromatic heterocycles. The highest BCUT2D eigenvalue weighted by molar-refractivity contribution is 7.98. The summed E-state index contributed by atoms with van der Waals surface area (Å²) >= 11 is 1.79. The van der Waals surface area contributed by atoms with E-state index in [2.05, 4.69) is 25.6 Å². The minimum absolute atomic E-state index is 0.504. The minimum atomic E-state index is -1.50. The van der Waals surface area contributed by atoms with E-state index in [1.807, 2.05) is 13.1 Å². The number of H-pyrrole nitrogens is 1. The maximum absolute atomic E-state index is 8.43. The molecular formula is C10H17N7O3S. The highest BCUT2D eigenvalue weighted by atomic mass is 32.2. The second-order valence-electron chi connectivity index (χ2n) is 3.50. The number of nitriles is 1. The summed E-state index contributed by atoms with van der Waals surface area (Å²) in [6.45, 7) is 2.77. The van der Waals surface area contributed by atoms with Crippen molar-refractivity contribution in [1.82, 2.24) is 20.6 Å². The molecule has 0 radical (unpaired) electrons. The first-order valence-corrected chi connectivity index (χ1v) is 6.92. The molecule has 1 aromatic rings. The molecule has 0 aromatic carbocycles. The quantitative estimate of drug-likeness (QED) is 0.115. The van der Waals surface area contributed by atoms with E-state index < -0.39 is 5.09 Å². The number of hydrogen-bond donors (Lipinski definition) is 4. The molecule has 0 atom stereocenters. The average Bonchev–Trinajstić information content (AvgIpc) is 2.82. The Labute approximate surface area is 125 Å². The zero-order valence-electron chi connectivity index (χ0n) is 11.7. The number of thioether (sulfide) groups is 1. The van der Waals surface area contributed by atoms with Gasteiger partial charge >= 0.3 is 0 Å². The molecule has 0 saturated carbocycles. The normalized spacial score (nSPS) is 10.0. The lowest BCUT2D eigenvalue weighted by Crippen LogP contribution is -2.35. The van der Waals surface area contributed by atoms with Crippen LogP contribution >= 0.6 is 11.8 Å². The first-order chi connectivity index (χ1) is 10.0. The third kappa shape index (κ3) is 10.0. The number of nitrogens with zero attached hydrogens (tertiary/aromatic N) is 4.